The number of benzene rings is 1. The highest BCUT2D eigenvalue weighted by molar-refractivity contribution is 7.92. The van der Waals surface area contributed by atoms with Crippen molar-refractivity contribution in [2.24, 2.45) is 0 Å². The van der Waals surface area contributed by atoms with E-state index >= 15 is 0 Å². The number of sulfone groups is 1. The molecule has 0 saturated carbocycles. The summed E-state index contributed by atoms with van der Waals surface area (Å²) in [6.45, 7) is 3.73. The number of anilines is 1. The van der Waals surface area contributed by atoms with Gasteiger partial charge in [0.25, 0.3) is 0 Å². The first-order valence-corrected chi connectivity index (χ1v) is 7.80. The van der Waals surface area contributed by atoms with Crippen LogP contribution in [0.1, 0.15) is 17.5 Å². The fourth-order valence-electron chi connectivity index (χ4n) is 1.76. The maximum atomic E-state index is 11.7. The molecule has 0 spiro atoms. The van der Waals surface area contributed by atoms with Gasteiger partial charge in [0.05, 0.1) is 12.2 Å². The maximum Gasteiger partial charge on any atom is 0.304 e. The van der Waals surface area contributed by atoms with Gasteiger partial charge in [-0.25, -0.2) is 8.42 Å². The predicted molar refractivity (Wildman–Crippen MR) is 75.5 cm³/mol. The smallest absolute Gasteiger partial charge is 0.304 e. The van der Waals surface area contributed by atoms with Crippen LogP contribution in [0.15, 0.2) is 18.2 Å². The molecule has 0 saturated heterocycles. The SMILES string of the molecule is Cc1cc(C)cc(NC(=O)CS(=O)(=O)CCC(=O)O)c1. The van der Waals surface area contributed by atoms with Gasteiger partial charge in [0.2, 0.25) is 5.91 Å². The molecule has 1 rings (SSSR count). The van der Waals surface area contributed by atoms with Gasteiger partial charge in [0.15, 0.2) is 9.84 Å². The van der Waals surface area contributed by atoms with Gasteiger partial charge in [-0.05, 0) is 37.1 Å². The Labute approximate surface area is 117 Å². The zero-order valence-electron chi connectivity index (χ0n) is 11.3. The van der Waals surface area contributed by atoms with Gasteiger partial charge < -0.3 is 10.4 Å². The van der Waals surface area contributed by atoms with Crippen molar-refractivity contribution in [3.8, 4) is 0 Å². The van der Waals surface area contributed by atoms with Gasteiger partial charge in [-0.3, -0.25) is 9.59 Å². The third-order valence-electron chi connectivity index (χ3n) is 2.48. The molecule has 0 aliphatic heterocycles. The Balaban J connectivity index is 2.65. The Morgan fingerprint density at radius 3 is 2.20 bits per heavy atom. The van der Waals surface area contributed by atoms with Gasteiger partial charge in [0, 0.05) is 5.69 Å². The number of amides is 1. The Kier molecular flexibility index (Phi) is 5.26. The standard InChI is InChI=1S/C13H17NO5S/c1-9-5-10(2)7-11(6-9)14-12(15)8-20(18,19)4-3-13(16)17/h5-7H,3-4,8H2,1-2H3,(H,14,15)(H,16,17). The first-order valence-electron chi connectivity index (χ1n) is 5.98. The van der Waals surface area contributed by atoms with Crippen LogP contribution in [0.25, 0.3) is 0 Å². The second-order valence-corrected chi connectivity index (χ2v) is 6.84. The van der Waals surface area contributed by atoms with Gasteiger partial charge >= 0.3 is 5.97 Å². The number of carboxylic acids is 1. The third-order valence-corrected chi connectivity index (χ3v) is 4.01. The highest BCUT2D eigenvalue weighted by Crippen LogP contribution is 2.13. The number of carboxylic acid groups (broad SMARTS) is 1. The first kappa shape index (κ1) is 16.2. The summed E-state index contributed by atoms with van der Waals surface area (Å²) in [6.07, 6.45) is -0.501. The van der Waals surface area contributed by atoms with E-state index in [1.54, 1.807) is 12.1 Å². The molecule has 2 N–H and O–H groups in total. The van der Waals surface area contributed by atoms with Crippen LogP contribution in [-0.2, 0) is 19.4 Å². The fourth-order valence-corrected chi connectivity index (χ4v) is 2.86. The second-order valence-electron chi connectivity index (χ2n) is 4.66. The summed E-state index contributed by atoms with van der Waals surface area (Å²) in [5, 5.41) is 10.9. The molecular formula is C13H17NO5S. The quantitative estimate of drug-likeness (QED) is 0.820. The minimum absolute atomic E-state index is 0.501. The number of hydrogen-bond acceptors (Lipinski definition) is 4. The lowest BCUT2D eigenvalue weighted by molar-refractivity contribution is -0.136. The number of carbonyl (C=O) groups excluding carboxylic acids is 1. The third kappa shape index (κ3) is 5.83. The molecule has 1 aromatic rings. The van der Waals surface area contributed by atoms with Crippen LogP contribution in [0.3, 0.4) is 0 Å². The molecule has 0 bridgehead atoms. The molecule has 110 valence electrons. The molecule has 0 unspecified atom stereocenters. The monoisotopic (exact) mass is 299 g/mol. The fraction of sp³-hybridized carbons (Fsp3) is 0.385. The Hall–Kier alpha value is -1.89. The summed E-state index contributed by atoms with van der Waals surface area (Å²) in [4.78, 5) is 22.0. The van der Waals surface area contributed by atoms with Crippen molar-refractivity contribution < 1.29 is 23.1 Å². The van der Waals surface area contributed by atoms with Crippen molar-refractivity contribution in [3.63, 3.8) is 0 Å². The molecular weight excluding hydrogens is 282 g/mol. The minimum atomic E-state index is -3.71. The summed E-state index contributed by atoms with van der Waals surface area (Å²) in [5.74, 6) is -3.13. The van der Waals surface area contributed by atoms with Crippen molar-refractivity contribution in [3.05, 3.63) is 29.3 Å². The van der Waals surface area contributed by atoms with Crippen molar-refractivity contribution >= 4 is 27.4 Å². The van der Waals surface area contributed by atoms with E-state index < -0.39 is 39.6 Å². The molecule has 6 nitrogen and oxygen atoms in total. The molecule has 1 amide bonds. The van der Waals surface area contributed by atoms with Gasteiger partial charge in [0.1, 0.15) is 5.75 Å². The Morgan fingerprint density at radius 2 is 1.70 bits per heavy atom. The van der Waals surface area contributed by atoms with E-state index in [0.29, 0.717) is 5.69 Å². The lowest BCUT2D eigenvalue weighted by Gasteiger charge is -2.08. The van der Waals surface area contributed by atoms with E-state index in [2.05, 4.69) is 5.32 Å². The molecule has 0 atom stereocenters. The topological polar surface area (TPSA) is 101 Å². The lowest BCUT2D eigenvalue weighted by Crippen LogP contribution is -2.25. The Morgan fingerprint density at radius 1 is 1.15 bits per heavy atom. The number of nitrogens with one attached hydrogen (secondary N) is 1. The minimum Gasteiger partial charge on any atom is -0.481 e. The molecule has 7 heteroatoms. The van der Waals surface area contributed by atoms with Crippen LogP contribution >= 0.6 is 0 Å². The van der Waals surface area contributed by atoms with Crippen molar-refractivity contribution in [2.45, 2.75) is 20.3 Å². The molecule has 20 heavy (non-hydrogen) atoms. The second kappa shape index (κ2) is 6.51. The number of rotatable bonds is 6. The summed E-state index contributed by atoms with van der Waals surface area (Å²) in [6, 6.07) is 5.39. The van der Waals surface area contributed by atoms with Crippen LogP contribution in [0.4, 0.5) is 5.69 Å². The van der Waals surface area contributed by atoms with Gasteiger partial charge in [-0.1, -0.05) is 6.07 Å². The number of hydrogen-bond donors (Lipinski definition) is 2. The maximum absolute atomic E-state index is 11.7. The highest BCUT2D eigenvalue weighted by Gasteiger charge is 2.18. The zero-order chi connectivity index (χ0) is 15.3. The largest absolute Gasteiger partial charge is 0.481 e. The van der Waals surface area contributed by atoms with E-state index in [1.165, 1.54) is 0 Å². The van der Waals surface area contributed by atoms with E-state index in [-0.39, 0.29) is 0 Å². The lowest BCUT2D eigenvalue weighted by atomic mass is 10.1. The summed E-state index contributed by atoms with van der Waals surface area (Å²) >= 11 is 0. The molecule has 0 aliphatic carbocycles. The average molecular weight is 299 g/mol. The van der Waals surface area contributed by atoms with Crippen LogP contribution < -0.4 is 5.32 Å². The van der Waals surface area contributed by atoms with Gasteiger partial charge in [-0.2, -0.15) is 0 Å². The number of aliphatic carboxylic acids is 1. The van der Waals surface area contributed by atoms with E-state index in [0.717, 1.165) is 11.1 Å². The van der Waals surface area contributed by atoms with E-state index in [1.807, 2.05) is 19.9 Å². The number of aryl methyl sites for hydroxylation is 2. The number of carbonyl (C=O) groups is 2. The average Bonchev–Trinajstić information content (AvgIpc) is 2.23. The molecule has 0 radical (unpaired) electrons. The Bertz CT molecular complexity index is 601. The molecule has 0 aromatic heterocycles. The van der Waals surface area contributed by atoms with Gasteiger partial charge in [-0.15, -0.1) is 0 Å². The van der Waals surface area contributed by atoms with Crippen LogP contribution in [0.2, 0.25) is 0 Å². The van der Waals surface area contributed by atoms with Crippen LogP contribution in [-0.4, -0.2) is 36.9 Å². The van der Waals surface area contributed by atoms with Crippen LogP contribution in [0.5, 0.6) is 0 Å². The molecule has 1 aromatic carbocycles. The molecule has 0 fully saturated rings. The normalized spacial score (nSPS) is 11.1. The van der Waals surface area contributed by atoms with Crippen molar-refractivity contribution in [1.29, 1.82) is 0 Å². The summed E-state index contributed by atoms with van der Waals surface area (Å²) < 4.78 is 23.1. The van der Waals surface area contributed by atoms with Crippen LogP contribution in [0, 0.1) is 13.8 Å². The van der Waals surface area contributed by atoms with Crippen molar-refractivity contribution in [1.82, 2.24) is 0 Å². The summed E-state index contributed by atoms with van der Waals surface area (Å²) in [7, 11) is -3.71. The highest BCUT2D eigenvalue weighted by atomic mass is 32.2. The van der Waals surface area contributed by atoms with E-state index in [9.17, 15) is 18.0 Å². The van der Waals surface area contributed by atoms with Crippen molar-refractivity contribution in [2.75, 3.05) is 16.8 Å². The van der Waals surface area contributed by atoms with E-state index in [4.69, 9.17) is 5.11 Å². The molecule has 0 aliphatic rings. The zero-order valence-corrected chi connectivity index (χ0v) is 12.2. The molecule has 0 heterocycles. The first-order chi connectivity index (χ1) is 9.18. The summed E-state index contributed by atoms with van der Waals surface area (Å²) in [5.41, 5.74) is 2.43. The predicted octanol–water partition coefficient (Wildman–Crippen LogP) is 1.13.